The van der Waals surface area contributed by atoms with Crippen LogP contribution in [0.5, 0.6) is 0 Å². The van der Waals surface area contributed by atoms with Crippen molar-refractivity contribution < 1.29 is 9.90 Å². The van der Waals surface area contributed by atoms with Crippen molar-refractivity contribution in [1.82, 2.24) is 19.7 Å². The van der Waals surface area contributed by atoms with Crippen molar-refractivity contribution in [3.63, 3.8) is 0 Å². The van der Waals surface area contributed by atoms with Gasteiger partial charge in [0.15, 0.2) is 0 Å². The SMILES string of the molecule is CC(C)N1CCC(c2nnc3n2CCC(C(=O)O)C3)C1. The van der Waals surface area contributed by atoms with E-state index in [1.807, 2.05) is 0 Å². The predicted molar refractivity (Wildman–Crippen MR) is 73.5 cm³/mol. The summed E-state index contributed by atoms with van der Waals surface area (Å²) in [5.74, 6) is 1.34. The van der Waals surface area contributed by atoms with Crippen LogP contribution in [0.1, 0.15) is 44.3 Å². The summed E-state index contributed by atoms with van der Waals surface area (Å²) in [4.78, 5) is 13.5. The van der Waals surface area contributed by atoms with Crippen molar-refractivity contribution >= 4 is 5.97 Å². The number of carbonyl (C=O) groups is 1. The van der Waals surface area contributed by atoms with Crippen LogP contribution in [0.4, 0.5) is 0 Å². The zero-order valence-corrected chi connectivity index (χ0v) is 12.1. The first kappa shape index (κ1) is 13.5. The Morgan fingerprint density at radius 2 is 2.10 bits per heavy atom. The maximum absolute atomic E-state index is 11.1. The fraction of sp³-hybridized carbons (Fsp3) is 0.786. The molecule has 0 bridgehead atoms. The van der Waals surface area contributed by atoms with Gasteiger partial charge in [0.05, 0.1) is 5.92 Å². The molecule has 6 nitrogen and oxygen atoms in total. The summed E-state index contributed by atoms with van der Waals surface area (Å²) in [5.41, 5.74) is 0. The van der Waals surface area contributed by atoms with Crippen LogP contribution in [0.15, 0.2) is 0 Å². The molecule has 3 rings (SSSR count). The van der Waals surface area contributed by atoms with E-state index in [-0.39, 0.29) is 5.92 Å². The minimum Gasteiger partial charge on any atom is -0.481 e. The number of likely N-dealkylation sites (tertiary alicyclic amines) is 1. The molecule has 110 valence electrons. The zero-order chi connectivity index (χ0) is 14.3. The fourth-order valence-electron chi connectivity index (χ4n) is 3.33. The number of fused-ring (bicyclic) bond motifs is 1. The third-order valence-corrected chi connectivity index (χ3v) is 4.65. The number of carboxylic acids is 1. The molecule has 1 N–H and O–H groups in total. The van der Waals surface area contributed by atoms with Gasteiger partial charge in [-0.3, -0.25) is 4.79 Å². The Bertz CT molecular complexity index is 511. The molecule has 3 heterocycles. The Morgan fingerprint density at radius 3 is 2.75 bits per heavy atom. The van der Waals surface area contributed by atoms with Gasteiger partial charge in [-0.05, 0) is 33.2 Å². The van der Waals surface area contributed by atoms with Crippen LogP contribution in [0, 0.1) is 5.92 Å². The Hall–Kier alpha value is -1.43. The zero-order valence-electron chi connectivity index (χ0n) is 12.1. The van der Waals surface area contributed by atoms with E-state index in [9.17, 15) is 4.79 Å². The number of aromatic nitrogens is 3. The standard InChI is InChI=1S/C14H22N4O2/c1-9(2)17-5-3-11(8-17)13-16-15-12-7-10(14(19)20)4-6-18(12)13/h9-11H,3-8H2,1-2H3,(H,19,20). The Kier molecular flexibility index (Phi) is 3.50. The van der Waals surface area contributed by atoms with Crippen molar-refractivity contribution in [1.29, 1.82) is 0 Å². The number of hydrogen-bond donors (Lipinski definition) is 1. The Balaban J connectivity index is 1.76. The number of aliphatic carboxylic acids is 1. The number of hydrogen-bond acceptors (Lipinski definition) is 4. The lowest BCUT2D eigenvalue weighted by molar-refractivity contribution is -0.142. The lowest BCUT2D eigenvalue weighted by Gasteiger charge is -2.23. The van der Waals surface area contributed by atoms with E-state index in [4.69, 9.17) is 5.11 Å². The monoisotopic (exact) mass is 278 g/mol. The van der Waals surface area contributed by atoms with Gasteiger partial charge in [0, 0.05) is 31.5 Å². The topological polar surface area (TPSA) is 71.2 Å². The molecule has 2 aliphatic rings. The van der Waals surface area contributed by atoms with Gasteiger partial charge in [0.1, 0.15) is 11.6 Å². The molecular formula is C14H22N4O2. The highest BCUT2D eigenvalue weighted by atomic mass is 16.4. The molecule has 1 saturated heterocycles. The molecule has 2 atom stereocenters. The van der Waals surface area contributed by atoms with Crippen LogP contribution in [0.2, 0.25) is 0 Å². The van der Waals surface area contributed by atoms with Gasteiger partial charge < -0.3 is 14.6 Å². The molecule has 2 unspecified atom stereocenters. The second-order valence-corrected chi connectivity index (χ2v) is 6.23. The highest BCUT2D eigenvalue weighted by molar-refractivity contribution is 5.70. The van der Waals surface area contributed by atoms with Crippen molar-refractivity contribution in [3.8, 4) is 0 Å². The second-order valence-electron chi connectivity index (χ2n) is 6.23. The smallest absolute Gasteiger partial charge is 0.307 e. The number of carboxylic acid groups (broad SMARTS) is 1. The number of rotatable bonds is 3. The molecule has 0 aromatic carbocycles. The van der Waals surface area contributed by atoms with E-state index < -0.39 is 5.97 Å². The summed E-state index contributed by atoms with van der Waals surface area (Å²) in [5, 5.41) is 17.7. The van der Waals surface area contributed by atoms with E-state index in [0.29, 0.717) is 24.8 Å². The minimum absolute atomic E-state index is 0.296. The van der Waals surface area contributed by atoms with Gasteiger partial charge in [-0.1, -0.05) is 0 Å². The number of nitrogens with zero attached hydrogens (tertiary/aromatic N) is 4. The van der Waals surface area contributed by atoms with Gasteiger partial charge >= 0.3 is 5.97 Å². The summed E-state index contributed by atoms with van der Waals surface area (Å²) >= 11 is 0. The van der Waals surface area contributed by atoms with Gasteiger partial charge in [0.2, 0.25) is 0 Å². The third kappa shape index (κ3) is 2.32. The van der Waals surface area contributed by atoms with Crippen LogP contribution in [0.3, 0.4) is 0 Å². The first-order valence-corrected chi connectivity index (χ1v) is 7.45. The van der Waals surface area contributed by atoms with Crippen LogP contribution < -0.4 is 0 Å². The van der Waals surface area contributed by atoms with Crippen molar-refractivity contribution in [2.24, 2.45) is 5.92 Å². The van der Waals surface area contributed by atoms with E-state index in [2.05, 4.69) is 33.5 Å². The fourth-order valence-corrected chi connectivity index (χ4v) is 3.33. The summed E-state index contributed by atoms with van der Waals surface area (Å²) in [6.07, 6.45) is 2.33. The maximum atomic E-state index is 11.1. The van der Waals surface area contributed by atoms with E-state index in [0.717, 1.165) is 37.7 Å². The van der Waals surface area contributed by atoms with E-state index >= 15 is 0 Å². The molecule has 0 saturated carbocycles. The summed E-state index contributed by atoms with van der Waals surface area (Å²) < 4.78 is 2.16. The molecule has 0 amide bonds. The Labute approximate surface area is 118 Å². The van der Waals surface area contributed by atoms with Gasteiger partial charge in [-0.2, -0.15) is 0 Å². The largest absolute Gasteiger partial charge is 0.481 e. The van der Waals surface area contributed by atoms with Gasteiger partial charge in [-0.15, -0.1) is 10.2 Å². The molecule has 6 heteroatoms. The molecule has 1 aromatic heterocycles. The van der Waals surface area contributed by atoms with Crippen molar-refractivity contribution in [3.05, 3.63) is 11.6 Å². The first-order valence-electron chi connectivity index (χ1n) is 7.45. The van der Waals surface area contributed by atoms with Crippen LogP contribution in [-0.2, 0) is 17.8 Å². The van der Waals surface area contributed by atoms with Gasteiger partial charge in [-0.25, -0.2) is 0 Å². The molecular weight excluding hydrogens is 256 g/mol. The summed E-state index contributed by atoms with van der Waals surface area (Å²) in [7, 11) is 0. The third-order valence-electron chi connectivity index (χ3n) is 4.65. The molecule has 0 radical (unpaired) electrons. The van der Waals surface area contributed by atoms with Crippen LogP contribution in [-0.4, -0.2) is 49.9 Å². The first-order chi connectivity index (χ1) is 9.56. The van der Waals surface area contributed by atoms with Crippen LogP contribution in [0.25, 0.3) is 0 Å². The van der Waals surface area contributed by atoms with Crippen molar-refractivity contribution in [2.45, 2.75) is 51.6 Å². The molecule has 0 spiro atoms. The normalized spacial score (nSPS) is 26.9. The van der Waals surface area contributed by atoms with Crippen LogP contribution >= 0.6 is 0 Å². The molecule has 0 aliphatic carbocycles. The average Bonchev–Trinajstić information content (AvgIpc) is 3.03. The average molecular weight is 278 g/mol. The van der Waals surface area contributed by atoms with Crippen molar-refractivity contribution in [2.75, 3.05) is 13.1 Å². The molecule has 1 fully saturated rings. The molecule has 20 heavy (non-hydrogen) atoms. The second kappa shape index (κ2) is 5.16. The summed E-state index contributed by atoms with van der Waals surface area (Å²) in [6.45, 7) is 7.34. The van der Waals surface area contributed by atoms with Gasteiger partial charge in [0.25, 0.3) is 0 Å². The highest BCUT2D eigenvalue weighted by Gasteiger charge is 2.33. The lowest BCUT2D eigenvalue weighted by atomic mass is 9.97. The molecule has 1 aromatic rings. The highest BCUT2D eigenvalue weighted by Crippen LogP contribution is 2.30. The predicted octanol–water partition coefficient (Wildman–Crippen LogP) is 1.12. The quantitative estimate of drug-likeness (QED) is 0.897. The summed E-state index contributed by atoms with van der Waals surface area (Å²) in [6, 6.07) is 0.570. The lowest BCUT2D eigenvalue weighted by Crippen LogP contribution is -2.29. The Morgan fingerprint density at radius 1 is 1.30 bits per heavy atom. The maximum Gasteiger partial charge on any atom is 0.307 e. The van der Waals surface area contributed by atoms with E-state index in [1.54, 1.807) is 0 Å². The minimum atomic E-state index is -0.715. The molecule has 2 aliphatic heterocycles. The van der Waals surface area contributed by atoms with E-state index in [1.165, 1.54) is 0 Å².